The van der Waals surface area contributed by atoms with Crippen LogP contribution in [0.15, 0.2) is 174 Å². The summed E-state index contributed by atoms with van der Waals surface area (Å²) in [6.07, 6.45) is 0. The number of benzene rings is 7. The summed E-state index contributed by atoms with van der Waals surface area (Å²) in [4.78, 5) is 15.0. The van der Waals surface area contributed by atoms with Crippen molar-refractivity contribution in [1.29, 1.82) is 0 Å². The predicted octanol–water partition coefficient (Wildman–Crippen LogP) is 11.5. The minimum Gasteiger partial charge on any atom is -0.454 e. The third-order valence-electron chi connectivity index (χ3n) is 9.47. The van der Waals surface area contributed by atoms with Crippen LogP contribution in [0.5, 0.6) is 0 Å². The number of hydrogen-bond donors (Lipinski definition) is 0. The summed E-state index contributed by atoms with van der Waals surface area (Å²) >= 11 is 0. The average Bonchev–Trinajstić information content (AvgIpc) is 3.75. The van der Waals surface area contributed by atoms with Gasteiger partial charge in [-0.25, -0.2) is 15.0 Å². The molecule has 50 heavy (non-hydrogen) atoms. The van der Waals surface area contributed by atoms with Crippen LogP contribution in [0.1, 0.15) is 0 Å². The molecule has 0 bridgehead atoms. The van der Waals surface area contributed by atoms with Crippen LogP contribution < -0.4 is 0 Å². The summed E-state index contributed by atoms with van der Waals surface area (Å²) in [5, 5.41) is 4.39. The zero-order valence-electron chi connectivity index (χ0n) is 26.9. The third-order valence-corrected chi connectivity index (χ3v) is 9.47. The average molecular weight is 641 g/mol. The topological polar surface area (TPSA) is 56.7 Å². The van der Waals surface area contributed by atoms with E-state index < -0.39 is 0 Å². The highest BCUT2D eigenvalue weighted by atomic mass is 16.3. The highest BCUT2D eigenvalue weighted by Gasteiger charge is 2.22. The molecule has 234 valence electrons. The summed E-state index contributed by atoms with van der Waals surface area (Å²) < 4.78 is 9.16. The zero-order valence-corrected chi connectivity index (χ0v) is 26.9. The maximum absolute atomic E-state index is 6.82. The van der Waals surface area contributed by atoms with E-state index >= 15 is 0 Å². The van der Waals surface area contributed by atoms with Crippen molar-refractivity contribution in [3.8, 4) is 51.0 Å². The van der Waals surface area contributed by atoms with E-state index in [-0.39, 0.29) is 0 Å². The molecule has 0 amide bonds. The van der Waals surface area contributed by atoms with Gasteiger partial charge in [0, 0.05) is 38.2 Å². The first-order chi connectivity index (χ1) is 24.8. The van der Waals surface area contributed by atoms with Crippen LogP contribution in [0.3, 0.4) is 0 Å². The molecule has 3 aromatic heterocycles. The molecule has 0 unspecified atom stereocenters. The lowest BCUT2D eigenvalue weighted by Gasteiger charge is -2.10. The Labute approximate surface area is 287 Å². The lowest BCUT2D eigenvalue weighted by molar-refractivity contribution is 0.666. The van der Waals surface area contributed by atoms with Gasteiger partial charge in [-0.05, 0) is 35.4 Å². The number of para-hydroxylation sites is 2. The van der Waals surface area contributed by atoms with Crippen LogP contribution in [0, 0.1) is 0 Å². The Balaban J connectivity index is 1.24. The van der Waals surface area contributed by atoms with Crippen molar-refractivity contribution in [2.75, 3.05) is 0 Å². The Bertz CT molecular complexity index is 2800. The van der Waals surface area contributed by atoms with Crippen LogP contribution in [0.25, 0.3) is 94.7 Å². The van der Waals surface area contributed by atoms with Crippen molar-refractivity contribution in [2.24, 2.45) is 0 Å². The first kappa shape index (κ1) is 28.2. The Kier molecular flexibility index (Phi) is 6.42. The number of aromatic nitrogens is 4. The SMILES string of the molecule is c1ccc(-c2nc(-c3ccccc3)nc(-c3cccc4oc5c(-n6c7ccccc7c7c(-c8ccccc8)cccc76)cccc5c34)n2)cc1. The normalized spacial score (nSPS) is 11.6. The second-order valence-electron chi connectivity index (χ2n) is 12.4. The molecule has 10 rings (SSSR count). The van der Waals surface area contributed by atoms with E-state index in [2.05, 4.69) is 102 Å². The largest absolute Gasteiger partial charge is 0.454 e. The molecule has 0 aliphatic heterocycles. The number of nitrogens with zero attached hydrogens (tertiary/aromatic N) is 4. The van der Waals surface area contributed by atoms with Gasteiger partial charge in [-0.15, -0.1) is 0 Å². The molecular weight excluding hydrogens is 613 g/mol. The molecule has 3 heterocycles. The summed E-state index contributed by atoms with van der Waals surface area (Å²) in [7, 11) is 0. The zero-order chi connectivity index (χ0) is 33.0. The van der Waals surface area contributed by atoms with E-state index in [4.69, 9.17) is 19.4 Å². The van der Waals surface area contributed by atoms with E-state index in [1.807, 2.05) is 72.8 Å². The fourth-order valence-corrected chi connectivity index (χ4v) is 7.26. The van der Waals surface area contributed by atoms with Crippen LogP contribution in [-0.4, -0.2) is 19.5 Å². The van der Waals surface area contributed by atoms with Crippen molar-refractivity contribution in [3.63, 3.8) is 0 Å². The minimum absolute atomic E-state index is 0.598. The molecule has 0 saturated heterocycles. The molecule has 7 aromatic carbocycles. The van der Waals surface area contributed by atoms with Crippen molar-refractivity contribution in [3.05, 3.63) is 170 Å². The maximum Gasteiger partial charge on any atom is 0.164 e. The van der Waals surface area contributed by atoms with Crippen LogP contribution in [-0.2, 0) is 0 Å². The van der Waals surface area contributed by atoms with Gasteiger partial charge in [0.2, 0.25) is 0 Å². The summed E-state index contributed by atoms with van der Waals surface area (Å²) in [5.41, 5.74) is 9.96. The lowest BCUT2D eigenvalue weighted by atomic mass is 9.99. The van der Waals surface area contributed by atoms with E-state index in [1.54, 1.807) is 0 Å². The third kappa shape index (κ3) is 4.45. The highest BCUT2D eigenvalue weighted by molar-refractivity contribution is 6.18. The summed E-state index contributed by atoms with van der Waals surface area (Å²) in [6.45, 7) is 0. The fraction of sp³-hybridized carbons (Fsp3) is 0. The highest BCUT2D eigenvalue weighted by Crippen LogP contribution is 2.43. The number of fused-ring (bicyclic) bond motifs is 6. The van der Waals surface area contributed by atoms with Gasteiger partial charge in [0.05, 0.1) is 16.7 Å². The van der Waals surface area contributed by atoms with Crippen molar-refractivity contribution in [1.82, 2.24) is 19.5 Å². The molecule has 0 aliphatic carbocycles. The Morgan fingerprint density at radius 2 is 0.920 bits per heavy atom. The molecule has 5 nitrogen and oxygen atoms in total. The molecule has 0 radical (unpaired) electrons. The Hall–Kier alpha value is -6.85. The van der Waals surface area contributed by atoms with Gasteiger partial charge in [0.15, 0.2) is 23.1 Å². The quantitative estimate of drug-likeness (QED) is 0.188. The van der Waals surface area contributed by atoms with E-state index in [9.17, 15) is 0 Å². The van der Waals surface area contributed by atoms with Gasteiger partial charge >= 0.3 is 0 Å². The standard InChI is InChI=1S/C45H28N4O/c1-4-15-29(16-5-1)32-22-12-26-37-40(32)33-21-10-11-25-36(33)49(37)38-27-13-23-34-41-35(24-14-28-39(41)50-42(34)38)45-47-43(30-17-6-2-7-18-30)46-44(48-45)31-19-8-3-9-20-31/h1-28H. The second kappa shape index (κ2) is 11.4. The molecular formula is C45H28N4O. The number of rotatable bonds is 5. The second-order valence-corrected chi connectivity index (χ2v) is 12.4. The lowest BCUT2D eigenvalue weighted by Crippen LogP contribution is -2.00. The molecule has 0 saturated carbocycles. The first-order valence-corrected chi connectivity index (χ1v) is 16.7. The Morgan fingerprint density at radius 1 is 0.380 bits per heavy atom. The van der Waals surface area contributed by atoms with Crippen LogP contribution in [0.2, 0.25) is 0 Å². The number of hydrogen-bond acceptors (Lipinski definition) is 4. The molecule has 10 aromatic rings. The predicted molar refractivity (Wildman–Crippen MR) is 203 cm³/mol. The molecule has 5 heteroatoms. The van der Waals surface area contributed by atoms with Gasteiger partial charge in [0.1, 0.15) is 5.58 Å². The molecule has 0 aliphatic rings. The van der Waals surface area contributed by atoms with Gasteiger partial charge in [-0.3, -0.25) is 0 Å². The monoisotopic (exact) mass is 640 g/mol. The van der Waals surface area contributed by atoms with Gasteiger partial charge in [0.25, 0.3) is 0 Å². The van der Waals surface area contributed by atoms with E-state index in [0.29, 0.717) is 17.5 Å². The molecule has 0 spiro atoms. The van der Waals surface area contributed by atoms with Crippen molar-refractivity contribution >= 4 is 43.7 Å². The van der Waals surface area contributed by atoms with Gasteiger partial charge in [-0.2, -0.15) is 0 Å². The van der Waals surface area contributed by atoms with Gasteiger partial charge < -0.3 is 8.98 Å². The van der Waals surface area contributed by atoms with Crippen molar-refractivity contribution < 1.29 is 4.42 Å². The first-order valence-electron chi connectivity index (χ1n) is 16.7. The molecule has 0 N–H and O–H groups in total. The fourth-order valence-electron chi connectivity index (χ4n) is 7.26. The Morgan fingerprint density at radius 3 is 1.64 bits per heavy atom. The van der Waals surface area contributed by atoms with Crippen LogP contribution >= 0.6 is 0 Å². The molecule has 0 fully saturated rings. The summed E-state index contributed by atoms with van der Waals surface area (Å²) in [6, 6.07) is 58.4. The van der Waals surface area contributed by atoms with E-state index in [1.165, 1.54) is 21.9 Å². The molecule has 0 atom stereocenters. The number of furan rings is 1. The minimum atomic E-state index is 0.598. The van der Waals surface area contributed by atoms with Gasteiger partial charge in [-0.1, -0.05) is 146 Å². The maximum atomic E-state index is 6.82. The van der Waals surface area contributed by atoms with Crippen molar-refractivity contribution in [2.45, 2.75) is 0 Å². The summed E-state index contributed by atoms with van der Waals surface area (Å²) in [5.74, 6) is 1.85. The van der Waals surface area contributed by atoms with Crippen LogP contribution in [0.4, 0.5) is 0 Å². The smallest absolute Gasteiger partial charge is 0.164 e. The van der Waals surface area contributed by atoms with E-state index in [0.717, 1.165) is 55.3 Å².